The topological polar surface area (TPSA) is 150 Å². The highest BCUT2D eigenvalue weighted by atomic mass is 19.4. The first-order chi connectivity index (χ1) is 35.0. The number of amides is 2. The normalized spacial score (nSPS) is 24.9. The molecule has 2 amide bonds. The number of nitrogens with one attached hydrogen (secondary N) is 2. The van der Waals surface area contributed by atoms with Crippen LogP contribution in [0.5, 0.6) is 0 Å². The van der Waals surface area contributed by atoms with Gasteiger partial charge in [-0.15, -0.1) is 0 Å². The van der Waals surface area contributed by atoms with Crippen LogP contribution in [0, 0.1) is 10.8 Å². The summed E-state index contributed by atoms with van der Waals surface area (Å²) < 4.78 is 58.3. The molecule has 4 saturated heterocycles. The first-order valence-corrected chi connectivity index (χ1v) is 26.3. The number of aromatic nitrogens is 3. The van der Waals surface area contributed by atoms with E-state index in [9.17, 15) is 18.4 Å². The highest BCUT2D eigenvalue weighted by molar-refractivity contribution is 5.95. The fourth-order valence-corrected chi connectivity index (χ4v) is 13.3. The largest absolute Gasteiger partial charge is 0.406 e. The Morgan fingerprint density at radius 1 is 1.07 bits per heavy atom. The van der Waals surface area contributed by atoms with Gasteiger partial charge in [-0.3, -0.25) is 39.6 Å². The molecular formula is C55H76F3N9O6. The molecule has 0 bridgehead atoms. The Labute approximate surface area is 429 Å². The molecule has 1 saturated carbocycles. The number of pyridine rings is 2. The van der Waals surface area contributed by atoms with Gasteiger partial charge in [0.15, 0.2) is 0 Å². The number of carbonyl (C=O) groups excluding carboxylic acids is 2. The second-order valence-electron chi connectivity index (χ2n) is 22.3. The molecule has 1 aromatic carbocycles. The number of hydrogen-bond acceptors (Lipinski definition) is 12. The maximum atomic E-state index is 15.4. The molecule has 5 aliphatic heterocycles. The third kappa shape index (κ3) is 9.93. The minimum Gasteiger partial charge on any atom is -0.375 e. The second kappa shape index (κ2) is 20.6. The minimum atomic E-state index is -4.57. The van der Waals surface area contributed by atoms with Crippen molar-refractivity contribution in [2.45, 2.75) is 134 Å². The van der Waals surface area contributed by atoms with E-state index in [-0.39, 0.29) is 45.1 Å². The number of carbonyl (C=O) groups is 2. The van der Waals surface area contributed by atoms with Gasteiger partial charge in [-0.05, 0) is 118 Å². The summed E-state index contributed by atoms with van der Waals surface area (Å²) in [6, 6.07) is 11.1. The fourth-order valence-electron chi connectivity index (χ4n) is 13.3. The first kappa shape index (κ1) is 51.5. The number of alkyl halides is 3. The van der Waals surface area contributed by atoms with Crippen LogP contribution in [0.25, 0.3) is 22.2 Å². The Balaban J connectivity index is 0.00000374. The number of anilines is 1. The highest BCUT2D eigenvalue weighted by Gasteiger charge is 2.55. The Hall–Kier alpha value is -4.95. The van der Waals surface area contributed by atoms with Crippen LogP contribution >= 0.6 is 0 Å². The smallest absolute Gasteiger partial charge is 0.375 e. The van der Waals surface area contributed by atoms with Crippen molar-refractivity contribution in [3.8, 4) is 11.3 Å². The standard InChI is InChI=1S/C55H72F3N9O6.2H2/c1-34-13-9-19-54(34)30-64(31-54)50(47(52(69)67-24-8-7-22-61-67)62-51(68)48-35(2)38-14-10-21-60-46(38)43-16-12-23-65(43)48)44-29-63(25-26-72-44)37-17-18-42-40(27-37)41(28-53(4,5)33-73-70)49(66(42)32-55(56,57)58)39-15-11-20-59-45(39)36(3)71-6;;/h10-11,14-15,17-18,20-21,27,35-36,43-44,47-48,50,61,70H,1,7-9,12-13,16,19,22-26,28-33H2,2-6H3,(H,62,68);2*1H/t35?,36-,43+,44+,47-,48-,50+;;/m0../s1. The van der Waals surface area contributed by atoms with Crippen molar-refractivity contribution in [1.82, 2.24) is 40.1 Å². The van der Waals surface area contributed by atoms with E-state index in [1.807, 2.05) is 45.2 Å². The van der Waals surface area contributed by atoms with Crippen LogP contribution in [0.3, 0.4) is 0 Å². The molecule has 3 aromatic heterocycles. The number of halogens is 3. The van der Waals surface area contributed by atoms with Crippen LogP contribution in [0.15, 0.2) is 67.0 Å². The Bertz CT molecular complexity index is 2700. The molecule has 6 aliphatic rings. The summed E-state index contributed by atoms with van der Waals surface area (Å²) in [5.74, 6) is -0.562. The molecule has 18 heteroatoms. The molecule has 10 rings (SSSR count). The average molecular weight is 1020 g/mol. The monoisotopic (exact) mass is 1020 g/mol. The van der Waals surface area contributed by atoms with Crippen LogP contribution in [0.4, 0.5) is 18.9 Å². The molecule has 7 atom stereocenters. The Morgan fingerprint density at radius 2 is 1.86 bits per heavy atom. The Morgan fingerprint density at radius 3 is 2.59 bits per heavy atom. The van der Waals surface area contributed by atoms with Gasteiger partial charge >= 0.3 is 6.18 Å². The maximum Gasteiger partial charge on any atom is 0.406 e. The number of benzene rings is 1. The van der Waals surface area contributed by atoms with Gasteiger partial charge in [0, 0.05) is 95.1 Å². The molecule has 15 nitrogen and oxygen atoms in total. The molecule has 4 aromatic rings. The number of hydrogen-bond donors (Lipinski definition) is 3. The van der Waals surface area contributed by atoms with E-state index in [4.69, 9.17) is 14.5 Å². The second-order valence-corrected chi connectivity index (χ2v) is 22.3. The summed E-state index contributed by atoms with van der Waals surface area (Å²) in [7, 11) is 1.54. The summed E-state index contributed by atoms with van der Waals surface area (Å²) in [5.41, 5.74) is 9.12. The highest BCUT2D eigenvalue weighted by Crippen LogP contribution is 2.51. The number of fused-ring (bicyclic) bond motifs is 4. The average Bonchev–Trinajstić information content (AvgIpc) is 4.09. The molecule has 3 N–H and O–H groups in total. The lowest BCUT2D eigenvalue weighted by Crippen LogP contribution is -2.73. The van der Waals surface area contributed by atoms with Crippen LogP contribution in [0.2, 0.25) is 0 Å². The molecule has 1 aliphatic carbocycles. The number of likely N-dealkylation sites (tertiary alicyclic amines) is 1. The molecular weight excluding hydrogens is 940 g/mol. The molecule has 1 spiro atoms. The molecule has 8 heterocycles. The van der Waals surface area contributed by atoms with Crippen molar-refractivity contribution in [2.24, 2.45) is 10.8 Å². The summed E-state index contributed by atoms with van der Waals surface area (Å²) in [5, 5.41) is 15.4. The summed E-state index contributed by atoms with van der Waals surface area (Å²) in [6.45, 7) is 15.3. The van der Waals surface area contributed by atoms with Crippen molar-refractivity contribution in [3.63, 3.8) is 0 Å². The van der Waals surface area contributed by atoms with Crippen molar-refractivity contribution in [3.05, 3.63) is 89.5 Å². The number of nitrogens with zero attached hydrogens (tertiary/aromatic N) is 7. The fraction of sp³-hybridized carbons (Fsp3) is 0.600. The van der Waals surface area contributed by atoms with Crippen LogP contribution in [-0.2, 0) is 36.9 Å². The van der Waals surface area contributed by atoms with Crippen LogP contribution in [0.1, 0.15) is 116 Å². The predicted molar refractivity (Wildman–Crippen MR) is 276 cm³/mol. The third-order valence-electron chi connectivity index (χ3n) is 16.9. The molecule has 73 heavy (non-hydrogen) atoms. The maximum absolute atomic E-state index is 15.4. The predicted octanol–water partition coefficient (Wildman–Crippen LogP) is 8.47. The van der Waals surface area contributed by atoms with Crippen molar-refractivity contribution in [2.75, 3.05) is 71.0 Å². The van der Waals surface area contributed by atoms with E-state index < -0.39 is 48.5 Å². The van der Waals surface area contributed by atoms with Crippen molar-refractivity contribution >= 4 is 28.4 Å². The van der Waals surface area contributed by atoms with E-state index in [0.29, 0.717) is 79.3 Å². The minimum absolute atomic E-state index is 0. The van der Waals surface area contributed by atoms with E-state index in [1.54, 1.807) is 36.5 Å². The summed E-state index contributed by atoms with van der Waals surface area (Å²) in [4.78, 5) is 51.6. The van der Waals surface area contributed by atoms with E-state index in [2.05, 4.69) is 54.9 Å². The number of ether oxygens (including phenoxy) is 2. The van der Waals surface area contributed by atoms with Gasteiger partial charge in [0.2, 0.25) is 5.91 Å². The van der Waals surface area contributed by atoms with Crippen molar-refractivity contribution < 1.29 is 45.2 Å². The van der Waals surface area contributed by atoms with Gasteiger partial charge in [0.05, 0.1) is 60.6 Å². The lowest BCUT2D eigenvalue weighted by molar-refractivity contribution is -0.259. The van der Waals surface area contributed by atoms with Gasteiger partial charge in [-0.25, -0.2) is 10.3 Å². The van der Waals surface area contributed by atoms with Gasteiger partial charge in [0.1, 0.15) is 12.6 Å². The van der Waals surface area contributed by atoms with E-state index in [0.717, 1.165) is 68.4 Å². The van der Waals surface area contributed by atoms with Gasteiger partial charge in [0.25, 0.3) is 5.91 Å². The quantitative estimate of drug-likeness (QED) is 0.0596. The van der Waals surface area contributed by atoms with Gasteiger partial charge < -0.3 is 24.3 Å². The summed E-state index contributed by atoms with van der Waals surface area (Å²) >= 11 is 0. The lowest BCUT2D eigenvalue weighted by Gasteiger charge is -2.56. The first-order valence-electron chi connectivity index (χ1n) is 26.3. The number of hydrazine groups is 1. The zero-order valence-electron chi connectivity index (χ0n) is 42.9. The van der Waals surface area contributed by atoms with Gasteiger partial charge in [-0.2, -0.15) is 13.2 Å². The zero-order valence-corrected chi connectivity index (χ0v) is 42.9. The van der Waals surface area contributed by atoms with E-state index in [1.165, 1.54) is 10.1 Å². The number of morpholine rings is 1. The Kier molecular flexibility index (Phi) is 14.6. The molecule has 0 radical (unpaired) electrons. The molecule has 5 fully saturated rings. The van der Waals surface area contributed by atoms with Crippen LogP contribution < -0.4 is 15.6 Å². The third-order valence-corrected chi connectivity index (χ3v) is 16.9. The van der Waals surface area contributed by atoms with E-state index >= 15 is 9.59 Å². The molecule has 1 unspecified atom stereocenters. The lowest BCUT2D eigenvalue weighted by atomic mass is 9.73. The van der Waals surface area contributed by atoms with Gasteiger partial charge in [-0.1, -0.05) is 39.0 Å². The molecule has 398 valence electrons. The SMILES string of the molecule is C=C1CCCC12CN([C@@H]([C@H](NC(=O)[C@@H]1C(C)c3cccnc3[C@H]3CCCN31)C(=O)N1CCCCN1)[C@H]1CN(c3ccc4c(c3)c(CC(C)(C)COO)c(-c3cccnc3[C@H](C)OC)n4CC(F)(F)F)CCO1)C2.[HH].[HH]. The van der Waals surface area contributed by atoms with Crippen LogP contribution in [-0.4, -0.2) is 143 Å². The zero-order chi connectivity index (χ0) is 51.4. The number of methoxy groups -OCH3 is 1. The van der Waals surface area contributed by atoms with Crippen molar-refractivity contribution in [1.29, 1.82) is 0 Å². The summed E-state index contributed by atoms with van der Waals surface area (Å²) in [6.07, 6.45) is 4.68. The number of rotatable bonds is 15.